The number of thiocarbonyl (C=S) groups is 1. The summed E-state index contributed by atoms with van der Waals surface area (Å²) in [7, 11) is 1.29. The highest BCUT2D eigenvalue weighted by atomic mass is 32.1. The van der Waals surface area contributed by atoms with E-state index in [1.165, 1.54) is 30.6 Å². The van der Waals surface area contributed by atoms with Crippen molar-refractivity contribution in [2.24, 2.45) is 0 Å². The Hall–Kier alpha value is -2.13. The van der Waals surface area contributed by atoms with E-state index in [4.69, 9.17) is 17.0 Å². The lowest BCUT2D eigenvalue weighted by molar-refractivity contribution is -0.137. The van der Waals surface area contributed by atoms with Gasteiger partial charge in [-0.3, -0.25) is 0 Å². The average Bonchev–Trinajstić information content (AvgIpc) is 2.80. The number of halogens is 3. The van der Waals surface area contributed by atoms with Gasteiger partial charge in [0.25, 0.3) is 0 Å². The van der Waals surface area contributed by atoms with Crippen LogP contribution in [0.3, 0.4) is 0 Å². The van der Waals surface area contributed by atoms with Crippen molar-refractivity contribution in [1.29, 1.82) is 0 Å². The molecule has 0 radical (unpaired) electrons. The Balaban J connectivity index is 2.13. The third-order valence-corrected chi connectivity index (χ3v) is 4.80. The van der Waals surface area contributed by atoms with Crippen LogP contribution >= 0.6 is 23.6 Å². The lowest BCUT2D eigenvalue weighted by Crippen LogP contribution is -2.20. The lowest BCUT2D eigenvalue weighted by atomic mass is 10.1. The fourth-order valence-electron chi connectivity index (χ4n) is 2.07. The first-order chi connectivity index (χ1) is 11.6. The Morgan fingerprint density at radius 3 is 2.28 bits per heavy atom. The number of esters is 1. The van der Waals surface area contributed by atoms with Gasteiger partial charge < -0.3 is 15.4 Å². The first-order valence-electron chi connectivity index (χ1n) is 7.07. The largest absolute Gasteiger partial charge is 0.465 e. The number of ether oxygens (including phenoxy) is 1. The molecule has 25 heavy (non-hydrogen) atoms. The third-order valence-electron chi connectivity index (χ3n) is 3.47. The number of carbonyl (C=O) groups excluding carboxylic acids is 1. The number of methoxy groups -OCH3 is 1. The van der Waals surface area contributed by atoms with E-state index in [1.807, 2.05) is 6.92 Å². The molecule has 0 fully saturated rings. The third kappa shape index (κ3) is 4.49. The van der Waals surface area contributed by atoms with Crippen molar-refractivity contribution in [3.8, 4) is 0 Å². The van der Waals surface area contributed by atoms with Gasteiger partial charge in [-0.25, -0.2) is 4.79 Å². The number of alkyl halides is 3. The van der Waals surface area contributed by atoms with Crippen molar-refractivity contribution in [2.75, 3.05) is 17.7 Å². The molecule has 1 heterocycles. The summed E-state index contributed by atoms with van der Waals surface area (Å²) in [4.78, 5) is 12.8. The molecule has 2 aromatic rings. The molecule has 2 N–H and O–H groups in total. The highest BCUT2D eigenvalue weighted by molar-refractivity contribution is 7.80. The molecule has 0 amide bonds. The number of anilines is 2. The predicted octanol–water partition coefficient (Wildman–Crippen LogP) is 4.98. The molecule has 0 atom stereocenters. The zero-order chi connectivity index (χ0) is 18.8. The second-order valence-electron chi connectivity index (χ2n) is 5.13. The maximum Gasteiger partial charge on any atom is 0.416 e. The van der Waals surface area contributed by atoms with Crippen LogP contribution in [0.5, 0.6) is 0 Å². The molecule has 0 unspecified atom stereocenters. The second-order valence-corrected chi connectivity index (χ2v) is 6.77. The van der Waals surface area contributed by atoms with Gasteiger partial charge in [-0.2, -0.15) is 13.2 Å². The van der Waals surface area contributed by atoms with Gasteiger partial charge in [-0.15, -0.1) is 11.3 Å². The quantitative estimate of drug-likeness (QED) is 0.574. The molecule has 9 heteroatoms. The zero-order valence-corrected chi connectivity index (χ0v) is 15.2. The number of hydrogen-bond acceptors (Lipinski definition) is 4. The Kier molecular flexibility index (Phi) is 5.69. The van der Waals surface area contributed by atoms with Crippen LogP contribution in [0.4, 0.5) is 23.9 Å². The molecule has 0 saturated heterocycles. The molecule has 0 bridgehead atoms. The SMILES string of the molecule is COC(=O)c1c(NC(=S)Nc2ccc(C(F)(F)F)cc2)sc(C)c1C. The van der Waals surface area contributed by atoms with Crippen LogP contribution in [-0.4, -0.2) is 18.2 Å². The molecule has 134 valence electrons. The molecule has 2 rings (SSSR count). The fourth-order valence-corrected chi connectivity index (χ4v) is 3.41. The van der Waals surface area contributed by atoms with Crippen LogP contribution in [0.25, 0.3) is 0 Å². The number of thiophene rings is 1. The summed E-state index contributed by atoms with van der Waals surface area (Å²) >= 11 is 6.51. The van der Waals surface area contributed by atoms with E-state index in [2.05, 4.69) is 10.6 Å². The molecule has 1 aromatic carbocycles. The summed E-state index contributed by atoms with van der Waals surface area (Å²) in [5, 5.41) is 6.36. The summed E-state index contributed by atoms with van der Waals surface area (Å²) in [6.45, 7) is 3.67. The van der Waals surface area contributed by atoms with Gasteiger partial charge in [0.15, 0.2) is 5.11 Å². The van der Waals surface area contributed by atoms with Crippen molar-refractivity contribution in [3.05, 3.63) is 45.8 Å². The Labute approximate surface area is 152 Å². The first-order valence-corrected chi connectivity index (χ1v) is 8.29. The maximum atomic E-state index is 12.6. The molecule has 0 aliphatic heterocycles. The van der Waals surface area contributed by atoms with Crippen LogP contribution in [0.1, 0.15) is 26.4 Å². The van der Waals surface area contributed by atoms with Gasteiger partial charge in [0.05, 0.1) is 18.2 Å². The van der Waals surface area contributed by atoms with Gasteiger partial charge in [0.2, 0.25) is 0 Å². The maximum absolute atomic E-state index is 12.6. The van der Waals surface area contributed by atoms with E-state index < -0.39 is 17.7 Å². The molecule has 0 spiro atoms. The molecule has 0 aliphatic carbocycles. The van der Waals surface area contributed by atoms with Gasteiger partial charge in [-0.1, -0.05) is 0 Å². The number of carbonyl (C=O) groups is 1. The zero-order valence-electron chi connectivity index (χ0n) is 13.6. The number of benzene rings is 1. The summed E-state index contributed by atoms with van der Waals surface area (Å²) in [5.41, 5.74) is 0.836. The number of nitrogens with one attached hydrogen (secondary N) is 2. The van der Waals surface area contributed by atoms with E-state index in [0.29, 0.717) is 16.3 Å². The van der Waals surface area contributed by atoms with Crippen LogP contribution in [0, 0.1) is 13.8 Å². The van der Waals surface area contributed by atoms with Crippen molar-refractivity contribution in [1.82, 2.24) is 0 Å². The van der Waals surface area contributed by atoms with Crippen molar-refractivity contribution < 1.29 is 22.7 Å². The molecular weight excluding hydrogens is 373 g/mol. The van der Waals surface area contributed by atoms with E-state index in [1.54, 1.807) is 6.92 Å². The average molecular weight is 388 g/mol. The van der Waals surface area contributed by atoms with E-state index in [9.17, 15) is 18.0 Å². The topological polar surface area (TPSA) is 50.4 Å². The molecule has 0 aliphatic rings. The minimum atomic E-state index is -4.39. The number of hydrogen-bond donors (Lipinski definition) is 2. The lowest BCUT2D eigenvalue weighted by Gasteiger charge is -2.12. The van der Waals surface area contributed by atoms with E-state index in [0.717, 1.165) is 22.6 Å². The summed E-state index contributed by atoms with van der Waals surface area (Å²) in [6, 6.07) is 4.49. The van der Waals surface area contributed by atoms with Crippen molar-refractivity contribution in [2.45, 2.75) is 20.0 Å². The Bertz CT molecular complexity index is 799. The van der Waals surface area contributed by atoms with Gasteiger partial charge >= 0.3 is 12.1 Å². The van der Waals surface area contributed by atoms with Crippen LogP contribution in [0.2, 0.25) is 0 Å². The molecule has 1 aromatic heterocycles. The predicted molar refractivity (Wildman–Crippen MR) is 96.4 cm³/mol. The molecule has 0 saturated carbocycles. The highest BCUT2D eigenvalue weighted by Gasteiger charge is 2.30. The van der Waals surface area contributed by atoms with Crippen LogP contribution in [0.15, 0.2) is 24.3 Å². The minimum absolute atomic E-state index is 0.158. The number of rotatable bonds is 3. The van der Waals surface area contributed by atoms with Gasteiger partial charge in [-0.05, 0) is 55.9 Å². The Morgan fingerprint density at radius 2 is 1.76 bits per heavy atom. The number of aryl methyl sites for hydroxylation is 1. The fraction of sp³-hybridized carbons (Fsp3) is 0.250. The summed E-state index contributed by atoms with van der Waals surface area (Å²) in [5.74, 6) is -0.485. The molecular formula is C16H15F3N2O2S2. The first kappa shape index (κ1) is 19.2. The highest BCUT2D eigenvalue weighted by Crippen LogP contribution is 2.33. The van der Waals surface area contributed by atoms with E-state index in [-0.39, 0.29) is 5.11 Å². The second kappa shape index (κ2) is 7.40. The summed E-state index contributed by atoms with van der Waals surface area (Å²) < 4.78 is 42.5. The van der Waals surface area contributed by atoms with Gasteiger partial charge in [0, 0.05) is 10.6 Å². The molecule has 4 nitrogen and oxygen atoms in total. The van der Waals surface area contributed by atoms with Crippen LogP contribution in [-0.2, 0) is 10.9 Å². The van der Waals surface area contributed by atoms with Gasteiger partial charge in [0.1, 0.15) is 5.00 Å². The van der Waals surface area contributed by atoms with Crippen molar-refractivity contribution in [3.63, 3.8) is 0 Å². The standard InChI is InChI=1S/C16H15F3N2O2S2/c1-8-9(2)25-13(12(8)14(22)23-3)21-15(24)20-11-6-4-10(5-7-11)16(17,18)19/h4-7H,1-3H3,(H2,20,21,24). The van der Waals surface area contributed by atoms with Crippen LogP contribution < -0.4 is 10.6 Å². The monoisotopic (exact) mass is 388 g/mol. The minimum Gasteiger partial charge on any atom is -0.465 e. The summed E-state index contributed by atoms with van der Waals surface area (Å²) in [6.07, 6.45) is -4.39. The smallest absolute Gasteiger partial charge is 0.416 e. The van der Waals surface area contributed by atoms with Crippen molar-refractivity contribution >= 4 is 45.3 Å². The normalized spacial score (nSPS) is 11.1. The van der Waals surface area contributed by atoms with E-state index >= 15 is 0 Å². The Morgan fingerprint density at radius 1 is 1.16 bits per heavy atom.